The van der Waals surface area contributed by atoms with Crippen LogP contribution < -0.4 is 5.32 Å². The topological polar surface area (TPSA) is 41.5 Å². The predicted molar refractivity (Wildman–Crippen MR) is 60.7 cm³/mol. The molecule has 0 aliphatic rings. The fourth-order valence-corrected chi connectivity index (χ4v) is 1.60. The number of methoxy groups -OCH3 is 1. The molecule has 84 valence electrons. The summed E-state index contributed by atoms with van der Waals surface area (Å²) in [5.41, 5.74) is 2.24. The van der Waals surface area contributed by atoms with Gasteiger partial charge in [-0.15, -0.1) is 0 Å². The average molecular weight is 209 g/mol. The van der Waals surface area contributed by atoms with Gasteiger partial charge >= 0.3 is 0 Å². The van der Waals surface area contributed by atoms with Crippen molar-refractivity contribution in [3.63, 3.8) is 0 Å². The van der Waals surface area contributed by atoms with Crippen LogP contribution in [0.3, 0.4) is 0 Å². The van der Waals surface area contributed by atoms with Crippen molar-refractivity contribution >= 4 is 0 Å². The molecule has 0 amide bonds. The van der Waals surface area contributed by atoms with E-state index in [1.54, 1.807) is 7.11 Å². The van der Waals surface area contributed by atoms with Gasteiger partial charge in [-0.3, -0.25) is 0 Å². The van der Waals surface area contributed by atoms with Crippen LogP contribution in [-0.2, 0) is 11.3 Å². The molecule has 0 radical (unpaired) electrons. The standard InChI is InChI=1S/C12H19NO2/c1-3-13-12(8-14)11-6-4-5-10(7-11)9-15-2/h4-7,12-14H,3,8-9H2,1-2H3. The predicted octanol–water partition coefficient (Wildman–Crippen LogP) is 1.48. The Morgan fingerprint density at radius 2 is 2.27 bits per heavy atom. The SMILES string of the molecule is CCNC(CO)c1cccc(COC)c1. The number of aliphatic hydroxyl groups excluding tert-OH is 1. The van der Waals surface area contributed by atoms with Crippen LogP contribution in [0.1, 0.15) is 24.1 Å². The molecule has 0 fully saturated rings. The first-order valence-electron chi connectivity index (χ1n) is 5.23. The van der Waals surface area contributed by atoms with Crippen molar-refractivity contribution in [1.29, 1.82) is 0 Å². The first kappa shape index (κ1) is 12.2. The molecule has 3 heteroatoms. The van der Waals surface area contributed by atoms with Gasteiger partial charge in [-0.25, -0.2) is 0 Å². The van der Waals surface area contributed by atoms with Gasteiger partial charge in [0, 0.05) is 7.11 Å². The summed E-state index contributed by atoms with van der Waals surface area (Å²) >= 11 is 0. The summed E-state index contributed by atoms with van der Waals surface area (Å²) in [5, 5.41) is 12.5. The van der Waals surface area contributed by atoms with Gasteiger partial charge in [-0.05, 0) is 17.7 Å². The largest absolute Gasteiger partial charge is 0.394 e. The summed E-state index contributed by atoms with van der Waals surface area (Å²) in [6.45, 7) is 3.60. The Labute approximate surface area is 91.1 Å². The van der Waals surface area contributed by atoms with Crippen LogP contribution in [0.25, 0.3) is 0 Å². The minimum absolute atomic E-state index is 0.0202. The highest BCUT2D eigenvalue weighted by atomic mass is 16.5. The van der Waals surface area contributed by atoms with Gasteiger partial charge in [-0.2, -0.15) is 0 Å². The smallest absolute Gasteiger partial charge is 0.0713 e. The van der Waals surface area contributed by atoms with Gasteiger partial charge < -0.3 is 15.2 Å². The van der Waals surface area contributed by atoms with Crippen LogP contribution in [0, 0.1) is 0 Å². The van der Waals surface area contributed by atoms with Crippen molar-refractivity contribution in [1.82, 2.24) is 5.32 Å². The van der Waals surface area contributed by atoms with E-state index in [2.05, 4.69) is 11.4 Å². The zero-order chi connectivity index (χ0) is 11.1. The molecule has 15 heavy (non-hydrogen) atoms. The van der Waals surface area contributed by atoms with Crippen LogP contribution in [0.4, 0.5) is 0 Å². The maximum absolute atomic E-state index is 9.24. The van der Waals surface area contributed by atoms with Gasteiger partial charge in [0.05, 0.1) is 19.3 Å². The third-order valence-corrected chi connectivity index (χ3v) is 2.30. The van der Waals surface area contributed by atoms with E-state index in [0.29, 0.717) is 6.61 Å². The average Bonchev–Trinajstić information content (AvgIpc) is 2.27. The minimum atomic E-state index is 0.0202. The molecule has 1 rings (SSSR count). The molecule has 0 aromatic heterocycles. The van der Waals surface area contributed by atoms with Crippen LogP contribution in [-0.4, -0.2) is 25.4 Å². The van der Waals surface area contributed by atoms with E-state index in [9.17, 15) is 5.11 Å². The lowest BCUT2D eigenvalue weighted by atomic mass is 10.0. The van der Waals surface area contributed by atoms with Crippen LogP contribution in [0.2, 0.25) is 0 Å². The Kier molecular flexibility index (Phi) is 5.32. The zero-order valence-electron chi connectivity index (χ0n) is 9.36. The lowest BCUT2D eigenvalue weighted by molar-refractivity contribution is 0.184. The fourth-order valence-electron chi connectivity index (χ4n) is 1.60. The number of hydrogen-bond donors (Lipinski definition) is 2. The molecule has 1 unspecified atom stereocenters. The molecule has 2 N–H and O–H groups in total. The first-order valence-corrected chi connectivity index (χ1v) is 5.23. The molecule has 3 nitrogen and oxygen atoms in total. The number of rotatable bonds is 6. The fraction of sp³-hybridized carbons (Fsp3) is 0.500. The third-order valence-electron chi connectivity index (χ3n) is 2.30. The number of likely N-dealkylation sites (N-methyl/N-ethyl adjacent to an activating group) is 1. The summed E-state index contributed by atoms with van der Waals surface area (Å²) in [5.74, 6) is 0. The molecule has 0 spiro atoms. The van der Waals surface area contributed by atoms with Crippen molar-refractivity contribution in [3.8, 4) is 0 Å². The molecule has 0 aliphatic heterocycles. The molecule has 0 saturated carbocycles. The highest BCUT2D eigenvalue weighted by Crippen LogP contribution is 2.14. The van der Waals surface area contributed by atoms with Gasteiger partial charge in [0.15, 0.2) is 0 Å². The normalized spacial score (nSPS) is 12.7. The Morgan fingerprint density at radius 3 is 2.87 bits per heavy atom. The molecule has 0 bridgehead atoms. The van der Waals surface area contributed by atoms with E-state index >= 15 is 0 Å². The lowest BCUT2D eigenvalue weighted by Crippen LogP contribution is -2.24. The Bertz CT molecular complexity index is 289. The summed E-state index contributed by atoms with van der Waals surface area (Å²) in [7, 11) is 1.68. The second kappa shape index (κ2) is 6.56. The zero-order valence-corrected chi connectivity index (χ0v) is 9.36. The molecular weight excluding hydrogens is 190 g/mol. The molecular formula is C12H19NO2. The van der Waals surface area contributed by atoms with Crippen LogP contribution in [0.5, 0.6) is 0 Å². The molecule has 1 atom stereocenters. The second-order valence-corrected chi connectivity index (χ2v) is 3.47. The maximum Gasteiger partial charge on any atom is 0.0713 e. The van der Waals surface area contributed by atoms with Gasteiger partial charge in [0.1, 0.15) is 0 Å². The monoisotopic (exact) mass is 209 g/mol. The highest BCUT2D eigenvalue weighted by molar-refractivity contribution is 5.25. The van der Waals surface area contributed by atoms with E-state index in [4.69, 9.17) is 4.74 Å². The summed E-state index contributed by atoms with van der Waals surface area (Å²) < 4.78 is 5.07. The lowest BCUT2D eigenvalue weighted by Gasteiger charge is -2.16. The van der Waals surface area contributed by atoms with Crippen molar-refractivity contribution in [2.24, 2.45) is 0 Å². The highest BCUT2D eigenvalue weighted by Gasteiger charge is 2.08. The Morgan fingerprint density at radius 1 is 1.47 bits per heavy atom. The van der Waals surface area contributed by atoms with Gasteiger partial charge in [-0.1, -0.05) is 31.2 Å². The van der Waals surface area contributed by atoms with E-state index in [0.717, 1.165) is 17.7 Å². The molecule has 1 aromatic rings. The Hall–Kier alpha value is -0.900. The minimum Gasteiger partial charge on any atom is -0.394 e. The van der Waals surface area contributed by atoms with E-state index < -0.39 is 0 Å². The van der Waals surface area contributed by atoms with Crippen molar-refractivity contribution in [2.75, 3.05) is 20.3 Å². The molecule has 0 saturated heterocycles. The first-order chi connectivity index (χ1) is 7.31. The van der Waals surface area contributed by atoms with E-state index in [1.165, 1.54) is 0 Å². The van der Waals surface area contributed by atoms with E-state index in [1.807, 2.05) is 25.1 Å². The number of hydrogen-bond acceptors (Lipinski definition) is 3. The van der Waals surface area contributed by atoms with Crippen molar-refractivity contribution < 1.29 is 9.84 Å². The second-order valence-electron chi connectivity index (χ2n) is 3.47. The Balaban J connectivity index is 2.77. The quantitative estimate of drug-likeness (QED) is 0.745. The summed E-state index contributed by atoms with van der Waals surface area (Å²) in [4.78, 5) is 0. The molecule has 0 aliphatic carbocycles. The maximum atomic E-state index is 9.24. The van der Waals surface area contributed by atoms with Crippen molar-refractivity contribution in [3.05, 3.63) is 35.4 Å². The number of nitrogens with one attached hydrogen (secondary N) is 1. The van der Waals surface area contributed by atoms with E-state index in [-0.39, 0.29) is 12.6 Å². The van der Waals surface area contributed by atoms with Crippen LogP contribution in [0.15, 0.2) is 24.3 Å². The third kappa shape index (κ3) is 3.63. The molecule has 1 aromatic carbocycles. The number of benzene rings is 1. The van der Waals surface area contributed by atoms with Gasteiger partial charge in [0.25, 0.3) is 0 Å². The van der Waals surface area contributed by atoms with Gasteiger partial charge in [0.2, 0.25) is 0 Å². The molecule has 0 heterocycles. The van der Waals surface area contributed by atoms with Crippen molar-refractivity contribution in [2.45, 2.75) is 19.6 Å². The summed E-state index contributed by atoms with van der Waals surface area (Å²) in [6.07, 6.45) is 0. The van der Waals surface area contributed by atoms with Crippen LogP contribution >= 0.6 is 0 Å². The number of ether oxygens (including phenoxy) is 1. The summed E-state index contributed by atoms with van der Waals surface area (Å²) in [6, 6.07) is 8.11. The number of aliphatic hydroxyl groups is 1.